The first-order chi connectivity index (χ1) is 6.06. The van der Waals surface area contributed by atoms with Crippen LogP contribution in [-0.2, 0) is 4.74 Å². The van der Waals surface area contributed by atoms with Crippen LogP contribution in [0.5, 0.6) is 0 Å². The van der Waals surface area contributed by atoms with E-state index in [1.54, 1.807) is 0 Å². The minimum atomic E-state index is -0.383. The number of likely N-dealkylation sites (N-methyl/N-ethyl adjacent to an activating group) is 1. The van der Waals surface area contributed by atoms with Gasteiger partial charge in [0, 0.05) is 13.2 Å². The van der Waals surface area contributed by atoms with Crippen molar-refractivity contribution in [2.75, 3.05) is 20.2 Å². The standard InChI is InChI=1S/C10H18N2O/c1-10(2,8-11)12(3)7-9-5-4-6-13-9/h9H,4-7H2,1-3H3/t9-/m1/s1. The van der Waals surface area contributed by atoms with Crippen molar-refractivity contribution < 1.29 is 4.74 Å². The highest BCUT2D eigenvalue weighted by Gasteiger charge is 2.26. The van der Waals surface area contributed by atoms with Gasteiger partial charge in [0.2, 0.25) is 0 Å². The lowest BCUT2D eigenvalue weighted by atomic mass is 10.1. The number of nitriles is 1. The summed E-state index contributed by atoms with van der Waals surface area (Å²) in [7, 11) is 1.98. The van der Waals surface area contributed by atoms with Crippen molar-refractivity contribution in [2.45, 2.75) is 38.3 Å². The molecule has 74 valence electrons. The van der Waals surface area contributed by atoms with Crippen molar-refractivity contribution in [1.29, 1.82) is 5.26 Å². The quantitative estimate of drug-likeness (QED) is 0.662. The molecule has 0 aromatic carbocycles. The first-order valence-electron chi connectivity index (χ1n) is 4.80. The van der Waals surface area contributed by atoms with E-state index in [1.807, 2.05) is 20.9 Å². The summed E-state index contributed by atoms with van der Waals surface area (Å²) in [5, 5.41) is 8.91. The topological polar surface area (TPSA) is 36.3 Å². The minimum Gasteiger partial charge on any atom is -0.377 e. The summed E-state index contributed by atoms with van der Waals surface area (Å²) in [6, 6.07) is 2.29. The highest BCUT2D eigenvalue weighted by molar-refractivity contribution is 5.01. The molecule has 1 fully saturated rings. The molecule has 0 aliphatic carbocycles. The second-order valence-corrected chi connectivity index (χ2v) is 4.19. The molecule has 0 amide bonds. The Morgan fingerprint density at radius 3 is 2.77 bits per heavy atom. The van der Waals surface area contributed by atoms with Gasteiger partial charge in [-0.15, -0.1) is 0 Å². The smallest absolute Gasteiger partial charge is 0.103 e. The Morgan fingerprint density at radius 2 is 2.31 bits per heavy atom. The molecule has 13 heavy (non-hydrogen) atoms. The number of ether oxygens (including phenoxy) is 1. The predicted octanol–water partition coefficient (Wildman–Crippen LogP) is 1.40. The highest BCUT2D eigenvalue weighted by Crippen LogP contribution is 2.17. The second kappa shape index (κ2) is 4.08. The lowest BCUT2D eigenvalue weighted by Crippen LogP contribution is -2.43. The number of nitrogens with zero attached hydrogens (tertiary/aromatic N) is 2. The third-order valence-electron chi connectivity index (χ3n) is 2.73. The maximum Gasteiger partial charge on any atom is 0.103 e. The van der Waals surface area contributed by atoms with E-state index in [9.17, 15) is 0 Å². The van der Waals surface area contributed by atoms with Gasteiger partial charge in [-0.05, 0) is 33.7 Å². The van der Waals surface area contributed by atoms with Crippen LogP contribution in [0.4, 0.5) is 0 Å². The molecule has 0 saturated carbocycles. The van der Waals surface area contributed by atoms with E-state index in [2.05, 4.69) is 11.0 Å². The van der Waals surface area contributed by atoms with Gasteiger partial charge in [0.05, 0.1) is 12.2 Å². The van der Waals surface area contributed by atoms with Gasteiger partial charge >= 0.3 is 0 Å². The normalized spacial score (nSPS) is 23.5. The maximum atomic E-state index is 8.91. The monoisotopic (exact) mass is 182 g/mol. The van der Waals surface area contributed by atoms with Crippen molar-refractivity contribution in [3.8, 4) is 6.07 Å². The zero-order valence-corrected chi connectivity index (χ0v) is 8.71. The lowest BCUT2D eigenvalue weighted by Gasteiger charge is -2.30. The molecule has 1 saturated heterocycles. The van der Waals surface area contributed by atoms with Gasteiger partial charge in [-0.25, -0.2) is 0 Å². The molecule has 1 aliphatic heterocycles. The molecule has 3 nitrogen and oxygen atoms in total. The van der Waals surface area contributed by atoms with Crippen LogP contribution < -0.4 is 0 Å². The van der Waals surface area contributed by atoms with E-state index in [0.717, 1.165) is 26.0 Å². The fourth-order valence-electron chi connectivity index (χ4n) is 1.41. The molecule has 1 rings (SSSR count). The van der Waals surface area contributed by atoms with E-state index in [0.29, 0.717) is 6.10 Å². The van der Waals surface area contributed by atoms with Gasteiger partial charge in [-0.2, -0.15) is 5.26 Å². The summed E-state index contributed by atoms with van der Waals surface area (Å²) in [6.07, 6.45) is 2.62. The van der Waals surface area contributed by atoms with Crippen LogP contribution in [0.15, 0.2) is 0 Å². The molecule has 0 N–H and O–H groups in total. The summed E-state index contributed by atoms with van der Waals surface area (Å²) in [6.45, 7) is 5.61. The van der Waals surface area contributed by atoms with E-state index < -0.39 is 0 Å². The van der Waals surface area contributed by atoms with E-state index in [1.165, 1.54) is 0 Å². The van der Waals surface area contributed by atoms with Crippen LogP contribution in [0.1, 0.15) is 26.7 Å². The number of hydrogen-bond acceptors (Lipinski definition) is 3. The molecule has 0 aromatic heterocycles. The third kappa shape index (κ3) is 2.68. The molecule has 3 heteroatoms. The first-order valence-corrected chi connectivity index (χ1v) is 4.80. The van der Waals surface area contributed by atoms with Gasteiger partial charge < -0.3 is 4.74 Å². The fraction of sp³-hybridized carbons (Fsp3) is 0.900. The number of rotatable bonds is 3. The Morgan fingerprint density at radius 1 is 1.62 bits per heavy atom. The Balaban J connectivity index is 2.40. The molecule has 1 aliphatic rings. The third-order valence-corrected chi connectivity index (χ3v) is 2.73. The molecule has 0 aromatic rings. The first kappa shape index (κ1) is 10.5. The van der Waals surface area contributed by atoms with Crippen LogP contribution in [0.2, 0.25) is 0 Å². The largest absolute Gasteiger partial charge is 0.377 e. The van der Waals surface area contributed by atoms with Gasteiger partial charge in [0.15, 0.2) is 0 Å². The zero-order valence-electron chi connectivity index (χ0n) is 8.71. The fourth-order valence-corrected chi connectivity index (χ4v) is 1.41. The van der Waals surface area contributed by atoms with Gasteiger partial charge in [-0.3, -0.25) is 4.90 Å². The summed E-state index contributed by atoms with van der Waals surface area (Å²) in [5.41, 5.74) is -0.383. The van der Waals surface area contributed by atoms with Crippen LogP contribution >= 0.6 is 0 Å². The summed E-state index contributed by atoms with van der Waals surface area (Å²) < 4.78 is 5.51. The summed E-state index contributed by atoms with van der Waals surface area (Å²) in [5.74, 6) is 0. The van der Waals surface area contributed by atoms with Crippen molar-refractivity contribution in [3.05, 3.63) is 0 Å². The molecule has 0 radical (unpaired) electrons. The van der Waals surface area contributed by atoms with Crippen LogP contribution in [0.25, 0.3) is 0 Å². The lowest BCUT2D eigenvalue weighted by molar-refractivity contribution is 0.0609. The van der Waals surface area contributed by atoms with E-state index in [-0.39, 0.29) is 5.54 Å². The molecule has 0 bridgehead atoms. The SMILES string of the molecule is CN(C[C@H]1CCCO1)C(C)(C)C#N. The summed E-state index contributed by atoms with van der Waals surface area (Å²) in [4.78, 5) is 2.06. The maximum absolute atomic E-state index is 8.91. The summed E-state index contributed by atoms with van der Waals surface area (Å²) >= 11 is 0. The van der Waals surface area contributed by atoms with E-state index in [4.69, 9.17) is 10.00 Å². The Labute approximate surface area is 80.3 Å². The molecular weight excluding hydrogens is 164 g/mol. The van der Waals surface area contributed by atoms with Crippen LogP contribution in [0, 0.1) is 11.3 Å². The zero-order chi connectivity index (χ0) is 9.90. The Bertz CT molecular complexity index is 201. The molecule has 1 heterocycles. The average Bonchev–Trinajstić information content (AvgIpc) is 2.57. The van der Waals surface area contributed by atoms with Crippen LogP contribution in [0.3, 0.4) is 0 Å². The van der Waals surface area contributed by atoms with Gasteiger partial charge in [0.1, 0.15) is 5.54 Å². The van der Waals surface area contributed by atoms with Crippen molar-refractivity contribution in [1.82, 2.24) is 4.90 Å². The van der Waals surface area contributed by atoms with Crippen molar-refractivity contribution in [3.63, 3.8) is 0 Å². The van der Waals surface area contributed by atoms with E-state index >= 15 is 0 Å². The highest BCUT2D eigenvalue weighted by atomic mass is 16.5. The van der Waals surface area contributed by atoms with Gasteiger partial charge in [-0.1, -0.05) is 0 Å². The Kier molecular flexibility index (Phi) is 3.29. The minimum absolute atomic E-state index is 0.331. The number of hydrogen-bond donors (Lipinski definition) is 0. The van der Waals surface area contributed by atoms with Crippen molar-refractivity contribution >= 4 is 0 Å². The van der Waals surface area contributed by atoms with Gasteiger partial charge in [0.25, 0.3) is 0 Å². The molecule has 1 atom stereocenters. The van der Waals surface area contributed by atoms with Crippen molar-refractivity contribution in [2.24, 2.45) is 0 Å². The molecular formula is C10H18N2O. The Hall–Kier alpha value is -0.590. The van der Waals surface area contributed by atoms with Crippen LogP contribution in [-0.4, -0.2) is 36.7 Å². The molecule has 0 unspecified atom stereocenters. The second-order valence-electron chi connectivity index (χ2n) is 4.19. The average molecular weight is 182 g/mol. The molecule has 0 spiro atoms. The predicted molar refractivity (Wildman–Crippen MR) is 51.3 cm³/mol.